The Morgan fingerprint density at radius 1 is 1.33 bits per heavy atom. The van der Waals surface area contributed by atoms with Gasteiger partial charge in [-0.25, -0.2) is 0 Å². The lowest BCUT2D eigenvalue weighted by atomic mass is 10.1. The molecule has 0 aliphatic rings. The molecule has 1 aromatic rings. The van der Waals surface area contributed by atoms with E-state index in [1.165, 1.54) is 0 Å². The number of carbonyl (C=O) groups excluding carboxylic acids is 1. The lowest BCUT2D eigenvalue weighted by molar-refractivity contribution is -0.120. The van der Waals surface area contributed by atoms with Gasteiger partial charge in [-0.2, -0.15) is 0 Å². The van der Waals surface area contributed by atoms with Gasteiger partial charge >= 0.3 is 0 Å². The molecule has 2 N–H and O–H groups in total. The van der Waals surface area contributed by atoms with E-state index in [0.717, 1.165) is 5.56 Å². The van der Waals surface area contributed by atoms with Crippen LogP contribution in [0.1, 0.15) is 17.7 Å². The monoisotopic (exact) mass is 288 g/mol. The fraction of sp³-hybridized carbons (Fsp3) is 0.462. The van der Waals surface area contributed by atoms with E-state index in [1.54, 1.807) is 11.8 Å². The SMILES string of the molecule is CNC(C)CNC(=O)C(SC)c1ccccc1.Cl. The Labute approximate surface area is 120 Å². The zero-order valence-corrected chi connectivity index (χ0v) is 12.6. The highest BCUT2D eigenvalue weighted by atomic mass is 35.5. The molecule has 0 bridgehead atoms. The van der Waals surface area contributed by atoms with Gasteiger partial charge in [0.2, 0.25) is 5.91 Å². The first-order valence-corrected chi connectivity index (χ1v) is 7.00. The molecule has 3 nitrogen and oxygen atoms in total. The van der Waals surface area contributed by atoms with E-state index in [-0.39, 0.29) is 29.6 Å². The average molecular weight is 289 g/mol. The minimum absolute atomic E-state index is 0. The Hall–Kier alpha value is -0.710. The minimum atomic E-state index is -0.125. The van der Waals surface area contributed by atoms with Crippen molar-refractivity contribution in [2.24, 2.45) is 0 Å². The molecular weight excluding hydrogens is 268 g/mol. The third-order valence-corrected chi connectivity index (χ3v) is 3.61. The summed E-state index contributed by atoms with van der Waals surface area (Å²) < 4.78 is 0. The molecular formula is C13H21ClN2OS. The minimum Gasteiger partial charge on any atom is -0.353 e. The van der Waals surface area contributed by atoms with Gasteiger partial charge in [-0.15, -0.1) is 24.2 Å². The van der Waals surface area contributed by atoms with Crippen molar-refractivity contribution in [3.05, 3.63) is 35.9 Å². The van der Waals surface area contributed by atoms with Crippen molar-refractivity contribution in [1.82, 2.24) is 10.6 Å². The highest BCUT2D eigenvalue weighted by Crippen LogP contribution is 2.26. The van der Waals surface area contributed by atoms with Crippen molar-refractivity contribution >= 4 is 30.1 Å². The van der Waals surface area contributed by atoms with Crippen molar-refractivity contribution in [2.75, 3.05) is 19.8 Å². The summed E-state index contributed by atoms with van der Waals surface area (Å²) in [6.45, 7) is 2.69. The topological polar surface area (TPSA) is 41.1 Å². The van der Waals surface area contributed by atoms with E-state index >= 15 is 0 Å². The Morgan fingerprint density at radius 3 is 2.44 bits per heavy atom. The summed E-state index contributed by atoms with van der Waals surface area (Å²) in [5, 5.41) is 5.93. The predicted octanol–water partition coefficient (Wildman–Crippen LogP) is 2.24. The second kappa shape index (κ2) is 9.25. The molecule has 102 valence electrons. The van der Waals surface area contributed by atoms with E-state index in [2.05, 4.69) is 10.6 Å². The number of carbonyl (C=O) groups is 1. The summed E-state index contributed by atoms with van der Waals surface area (Å²) in [6, 6.07) is 10.1. The van der Waals surface area contributed by atoms with Gasteiger partial charge in [0.15, 0.2) is 0 Å². The van der Waals surface area contributed by atoms with Gasteiger partial charge in [0, 0.05) is 12.6 Å². The van der Waals surface area contributed by atoms with E-state index < -0.39 is 0 Å². The molecule has 0 spiro atoms. The number of nitrogens with one attached hydrogen (secondary N) is 2. The largest absolute Gasteiger partial charge is 0.353 e. The molecule has 0 radical (unpaired) electrons. The fourth-order valence-electron chi connectivity index (χ4n) is 1.47. The zero-order chi connectivity index (χ0) is 12.7. The van der Waals surface area contributed by atoms with Gasteiger partial charge in [-0.1, -0.05) is 30.3 Å². The first-order chi connectivity index (χ1) is 8.19. The molecule has 18 heavy (non-hydrogen) atoms. The van der Waals surface area contributed by atoms with Crippen LogP contribution in [0, 0.1) is 0 Å². The predicted molar refractivity (Wildman–Crippen MR) is 81.5 cm³/mol. The number of halogens is 1. The van der Waals surface area contributed by atoms with Crippen molar-refractivity contribution in [3.63, 3.8) is 0 Å². The van der Waals surface area contributed by atoms with Crippen molar-refractivity contribution < 1.29 is 4.79 Å². The highest BCUT2D eigenvalue weighted by molar-refractivity contribution is 7.99. The number of rotatable bonds is 6. The summed E-state index contributed by atoms with van der Waals surface area (Å²) in [7, 11) is 1.89. The van der Waals surface area contributed by atoms with Crippen molar-refractivity contribution in [1.29, 1.82) is 0 Å². The maximum Gasteiger partial charge on any atom is 0.237 e. The summed E-state index contributed by atoms with van der Waals surface area (Å²) in [5.41, 5.74) is 1.05. The molecule has 2 atom stereocenters. The number of amides is 1. The van der Waals surface area contributed by atoms with Gasteiger partial charge in [0.25, 0.3) is 0 Å². The first kappa shape index (κ1) is 17.3. The van der Waals surface area contributed by atoms with Gasteiger partial charge in [-0.05, 0) is 25.8 Å². The van der Waals surface area contributed by atoms with Crippen LogP contribution in [0.25, 0.3) is 0 Å². The Kier molecular flexibility index (Phi) is 8.89. The number of hydrogen-bond acceptors (Lipinski definition) is 3. The smallest absolute Gasteiger partial charge is 0.237 e. The van der Waals surface area contributed by atoms with Gasteiger partial charge < -0.3 is 10.6 Å². The number of likely N-dealkylation sites (N-methyl/N-ethyl adjacent to an activating group) is 1. The molecule has 1 aromatic carbocycles. The van der Waals surface area contributed by atoms with Crippen molar-refractivity contribution in [3.8, 4) is 0 Å². The zero-order valence-electron chi connectivity index (χ0n) is 11.0. The van der Waals surface area contributed by atoms with Crippen LogP contribution < -0.4 is 10.6 Å². The maximum atomic E-state index is 12.0. The first-order valence-electron chi connectivity index (χ1n) is 5.71. The lowest BCUT2D eigenvalue weighted by Crippen LogP contribution is -2.38. The van der Waals surface area contributed by atoms with Crippen LogP contribution in [0.5, 0.6) is 0 Å². The average Bonchev–Trinajstić information content (AvgIpc) is 2.38. The van der Waals surface area contributed by atoms with Crippen LogP contribution in [0.4, 0.5) is 0 Å². The molecule has 0 aromatic heterocycles. The Bertz CT molecular complexity index is 348. The molecule has 0 heterocycles. The second-order valence-corrected chi connectivity index (χ2v) is 4.90. The van der Waals surface area contributed by atoms with Crippen LogP contribution in [-0.4, -0.2) is 31.8 Å². The number of hydrogen-bond donors (Lipinski definition) is 2. The summed E-state index contributed by atoms with van der Waals surface area (Å²) in [6.07, 6.45) is 1.96. The van der Waals surface area contributed by atoms with Gasteiger partial charge in [0.05, 0.1) is 0 Å². The summed E-state index contributed by atoms with van der Waals surface area (Å²) in [4.78, 5) is 12.0. The standard InChI is InChI=1S/C13H20N2OS.ClH/c1-10(14-2)9-15-13(16)12(17-3)11-7-5-4-6-8-11;/h4-8,10,12,14H,9H2,1-3H3,(H,15,16);1H. The molecule has 2 unspecified atom stereocenters. The second-order valence-electron chi connectivity index (χ2n) is 3.96. The quantitative estimate of drug-likeness (QED) is 0.843. The van der Waals surface area contributed by atoms with Crippen LogP contribution in [0.15, 0.2) is 30.3 Å². The lowest BCUT2D eigenvalue weighted by Gasteiger charge is -2.17. The third-order valence-electron chi connectivity index (χ3n) is 2.65. The molecule has 0 aliphatic heterocycles. The third kappa shape index (κ3) is 5.29. The van der Waals surface area contributed by atoms with E-state index in [1.807, 2.05) is 50.6 Å². The molecule has 0 saturated heterocycles. The Balaban J connectivity index is 0.00000289. The van der Waals surface area contributed by atoms with Crippen LogP contribution in [0.2, 0.25) is 0 Å². The van der Waals surface area contributed by atoms with Crippen molar-refractivity contribution in [2.45, 2.75) is 18.2 Å². The maximum absolute atomic E-state index is 12.0. The van der Waals surface area contributed by atoms with E-state index in [4.69, 9.17) is 0 Å². The van der Waals surface area contributed by atoms with E-state index in [0.29, 0.717) is 6.54 Å². The molecule has 5 heteroatoms. The van der Waals surface area contributed by atoms with Gasteiger partial charge in [0.1, 0.15) is 5.25 Å². The molecule has 0 aliphatic carbocycles. The fourth-order valence-corrected chi connectivity index (χ4v) is 2.20. The summed E-state index contributed by atoms with van der Waals surface area (Å²) in [5.74, 6) is 0.0748. The van der Waals surface area contributed by atoms with Crippen LogP contribution >= 0.6 is 24.2 Å². The Morgan fingerprint density at radius 2 is 1.94 bits per heavy atom. The van der Waals surface area contributed by atoms with Crippen LogP contribution in [0.3, 0.4) is 0 Å². The van der Waals surface area contributed by atoms with Gasteiger partial charge in [-0.3, -0.25) is 4.79 Å². The molecule has 1 amide bonds. The van der Waals surface area contributed by atoms with E-state index in [9.17, 15) is 4.79 Å². The van der Waals surface area contributed by atoms with Crippen LogP contribution in [-0.2, 0) is 4.79 Å². The number of thioether (sulfide) groups is 1. The molecule has 0 saturated carbocycles. The highest BCUT2D eigenvalue weighted by Gasteiger charge is 2.18. The molecule has 0 fully saturated rings. The molecule has 1 rings (SSSR count). The summed E-state index contributed by atoms with van der Waals surface area (Å²) >= 11 is 1.56. The number of benzene rings is 1. The normalized spacial score (nSPS) is 13.3.